The summed E-state index contributed by atoms with van der Waals surface area (Å²) >= 11 is 7.49. The monoisotopic (exact) mass is 366 g/mol. The number of aromatic hydroxyl groups is 1. The van der Waals surface area contributed by atoms with Crippen molar-refractivity contribution in [2.24, 2.45) is 0 Å². The SMILES string of the molecule is O=c1[nH]c(-c2ccc(F)cc2Cl)nc(O)c1I. The number of nitrogens with zero attached hydrogens (tertiary/aromatic N) is 1. The summed E-state index contributed by atoms with van der Waals surface area (Å²) in [6.07, 6.45) is 0. The number of hydrogen-bond donors (Lipinski definition) is 2. The molecule has 0 aliphatic heterocycles. The van der Waals surface area contributed by atoms with Gasteiger partial charge in [-0.25, -0.2) is 4.39 Å². The Labute approximate surface area is 114 Å². The number of aromatic nitrogens is 2. The standard InChI is InChI=1S/C10H5ClFIN2O2/c11-6-3-4(12)1-2-5(6)8-14-9(16)7(13)10(17)15-8/h1-3H,(H2,14,15,16,17). The largest absolute Gasteiger partial charge is 0.492 e. The zero-order valence-corrected chi connectivity index (χ0v) is 11.1. The van der Waals surface area contributed by atoms with E-state index in [0.717, 1.165) is 6.07 Å². The van der Waals surface area contributed by atoms with Crippen molar-refractivity contribution < 1.29 is 9.50 Å². The van der Waals surface area contributed by atoms with Crippen molar-refractivity contribution in [1.29, 1.82) is 0 Å². The third kappa shape index (κ3) is 2.42. The van der Waals surface area contributed by atoms with Crippen molar-refractivity contribution in [3.05, 3.63) is 43.0 Å². The molecule has 0 atom stereocenters. The van der Waals surface area contributed by atoms with Gasteiger partial charge in [0, 0.05) is 5.56 Å². The van der Waals surface area contributed by atoms with Crippen molar-refractivity contribution in [2.75, 3.05) is 0 Å². The second kappa shape index (κ2) is 4.61. The maximum Gasteiger partial charge on any atom is 0.268 e. The molecular weight excluding hydrogens is 361 g/mol. The van der Waals surface area contributed by atoms with Crippen LogP contribution in [-0.4, -0.2) is 15.1 Å². The van der Waals surface area contributed by atoms with Gasteiger partial charge in [0.05, 0.1) is 5.02 Å². The summed E-state index contributed by atoms with van der Waals surface area (Å²) in [4.78, 5) is 17.7. The highest BCUT2D eigenvalue weighted by Gasteiger charge is 2.12. The van der Waals surface area contributed by atoms with E-state index in [1.165, 1.54) is 12.1 Å². The van der Waals surface area contributed by atoms with Crippen molar-refractivity contribution in [3.8, 4) is 17.3 Å². The van der Waals surface area contributed by atoms with Crippen LogP contribution in [0.15, 0.2) is 23.0 Å². The van der Waals surface area contributed by atoms with Gasteiger partial charge in [0.15, 0.2) is 0 Å². The zero-order chi connectivity index (χ0) is 12.6. The van der Waals surface area contributed by atoms with Crippen LogP contribution < -0.4 is 5.56 Å². The fourth-order valence-corrected chi connectivity index (χ4v) is 1.77. The van der Waals surface area contributed by atoms with E-state index >= 15 is 0 Å². The fraction of sp³-hybridized carbons (Fsp3) is 0. The van der Waals surface area contributed by atoms with Gasteiger partial charge >= 0.3 is 0 Å². The molecule has 0 radical (unpaired) electrons. The maximum atomic E-state index is 12.9. The Bertz CT molecular complexity index is 645. The Kier molecular flexibility index (Phi) is 3.34. The van der Waals surface area contributed by atoms with Gasteiger partial charge in [-0.3, -0.25) is 4.79 Å². The molecule has 0 aliphatic rings. The normalized spacial score (nSPS) is 10.5. The number of aromatic amines is 1. The van der Waals surface area contributed by atoms with Crippen molar-refractivity contribution in [3.63, 3.8) is 0 Å². The van der Waals surface area contributed by atoms with E-state index in [1.807, 2.05) is 0 Å². The van der Waals surface area contributed by atoms with E-state index < -0.39 is 11.4 Å². The van der Waals surface area contributed by atoms with Crippen LogP contribution >= 0.6 is 34.2 Å². The summed E-state index contributed by atoms with van der Waals surface area (Å²) in [5.41, 5.74) is -0.134. The molecule has 0 saturated heterocycles. The lowest BCUT2D eigenvalue weighted by molar-refractivity contribution is 0.447. The van der Waals surface area contributed by atoms with Crippen LogP contribution in [0, 0.1) is 9.39 Å². The average Bonchev–Trinajstić information content (AvgIpc) is 2.25. The Morgan fingerprint density at radius 1 is 1.47 bits per heavy atom. The van der Waals surface area contributed by atoms with Crippen LogP contribution in [-0.2, 0) is 0 Å². The number of nitrogens with one attached hydrogen (secondary N) is 1. The summed E-state index contributed by atoms with van der Waals surface area (Å²) in [7, 11) is 0. The van der Waals surface area contributed by atoms with Gasteiger partial charge in [0.25, 0.3) is 5.56 Å². The number of halogens is 3. The molecule has 4 nitrogen and oxygen atoms in total. The minimum atomic E-state index is -0.490. The van der Waals surface area contributed by atoms with Gasteiger partial charge in [-0.2, -0.15) is 4.98 Å². The summed E-state index contributed by atoms with van der Waals surface area (Å²) in [6.45, 7) is 0. The molecule has 1 aromatic carbocycles. The van der Waals surface area contributed by atoms with Gasteiger partial charge in [0.1, 0.15) is 15.2 Å². The molecule has 17 heavy (non-hydrogen) atoms. The van der Waals surface area contributed by atoms with Gasteiger partial charge in [-0.15, -0.1) is 0 Å². The van der Waals surface area contributed by atoms with E-state index in [1.54, 1.807) is 22.6 Å². The molecule has 0 spiro atoms. The Hall–Kier alpha value is -1.15. The molecule has 0 amide bonds. The molecule has 0 fully saturated rings. The molecule has 88 valence electrons. The minimum Gasteiger partial charge on any atom is -0.492 e. The first-order valence-electron chi connectivity index (χ1n) is 4.43. The molecule has 2 aromatic rings. The quantitative estimate of drug-likeness (QED) is 0.762. The maximum absolute atomic E-state index is 12.9. The highest BCUT2D eigenvalue weighted by molar-refractivity contribution is 14.1. The van der Waals surface area contributed by atoms with E-state index in [2.05, 4.69) is 9.97 Å². The van der Waals surface area contributed by atoms with Crippen LogP contribution in [0.25, 0.3) is 11.4 Å². The van der Waals surface area contributed by atoms with Crippen LogP contribution in [0.5, 0.6) is 5.88 Å². The second-order valence-corrected chi connectivity index (χ2v) is 4.66. The first-order chi connectivity index (χ1) is 7.99. The molecule has 0 saturated carbocycles. The predicted molar refractivity (Wildman–Crippen MR) is 69.6 cm³/mol. The minimum absolute atomic E-state index is 0.0876. The number of hydrogen-bond acceptors (Lipinski definition) is 3. The predicted octanol–water partition coefficient (Wildman–Crippen LogP) is 2.54. The lowest BCUT2D eigenvalue weighted by Crippen LogP contribution is -2.12. The molecule has 0 unspecified atom stereocenters. The highest BCUT2D eigenvalue weighted by atomic mass is 127. The third-order valence-electron chi connectivity index (χ3n) is 2.03. The molecule has 0 aliphatic carbocycles. The lowest BCUT2D eigenvalue weighted by Gasteiger charge is -2.04. The summed E-state index contributed by atoms with van der Waals surface area (Å²) < 4.78 is 12.9. The van der Waals surface area contributed by atoms with Gasteiger partial charge in [-0.05, 0) is 40.8 Å². The van der Waals surface area contributed by atoms with Crippen molar-refractivity contribution >= 4 is 34.2 Å². The number of rotatable bonds is 1. The number of benzene rings is 1. The molecule has 7 heteroatoms. The third-order valence-corrected chi connectivity index (χ3v) is 3.32. The number of H-pyrrole nitrogens is 1. The highest BCUT2D eigenvalue weighted by Crippen LogP contribution is 2.26. The van der Waals surface area contributed by atoms with Gasteiger partial charge in [0.2, 0.25) is 5.88 Å². The molecule has 1 heterocycles. The van der Waals surface area contributed by atoms with Crippen LogP contribution in [0.1, 0.15) is 0 Å². The van der Waals surface area contributed by atoms with Crippen LogP contribution in [0.4, 0.5) is 4.39 Å². The Morgan fingerprint density at radius 3 is 2.76 bits per heavy atom. The summed E-state index contributed by atoms with van der Waals surface area (Å²) in [5.74, 6) is -0.779. The van der Waals surface area contributed by atoms with Gasteiger partial charge in [-0.1, -0.05) is 11.6 Å². The van der Waals surface area contributed by atoms with E-state index in [0.29, 0.717) is 5.56 Å². The van der Waals surface area contributed by atoms with E-state index in [9.17, 15) is 14.3 Å². The molecule has 2 N–H and O–H groups in total. The molecule has 1 aromatic heterocycles. The van der Waals surface area contributed by atoms with Crippen LogP contribution in [0.2, 0.25) is 5.02 Å². The first-order valence-corrected chi connectivity index (χ1v) is 5.89. The van der Waals surface area contributed by atoms with Crippen molar-refractivity contribution in [1.82, 2.24) is 9.97 Å². The topological polar surface area (TPSA) is 66.0 Å². The fourth-order valence-electron chi connectivity index (χ4n) is 1.26. The first kappa shape index (κ1) is 12.3. The van der Waals surface area contributed by atoms with E-state index in [4.69, 9.17) is 11.6 Å². The zero-order valence-electron chi connectivity index (χ0n) is 8.17. The average molecular weight is 367 g/mol. The molecule has 2 rings (SSSR count). The van der Waals surface area contributed by atoms with Crippen LogP contribution in [0.3, 0.4) is 0 Å². The van der Waals surface area contributed by atoms with E-state index in [-0.39, 0.29) is 20.3 Å². The summed E-state index contributed by atoms with van der Waals surface area (Å²) in [5, 5.41) is 9.54. The van der Waals surface area contributed by atoms with Crippen molar-refractivity contribution in [2.45, 2.75) is 0 Å². The second-order valence-electron chi connectivity index (χ2n) is 3.18. The Morgan fingerprint density at radius 2 is 2.18 bits per heavy atom. The molecule has 0 bridgehead atoms. The van der Waals surface area contributed by atoms with Gasteiger partial charge < -0.3 is 10.1 Å². The smallest absolute Gasteiger partial charge is 0.268 e. The lowest BCUT2D eigenvalue weighted by atomic mass is 10.2. The molecular formula is C10H5ClFIN2O2. The Balaban J connectivity index is 2.65. The summed E-state index contributed by atoms with van der Waals surface area (Å²) in [6, 6.07) is 3.67.